The Morgan fingerprint density at radius 2 is 1.27 bits per heavy atom. The number of anilines is 1. The monoisotopic (exact) mass is 319 g/mol. The first-order chi connectivity index (χ1) is 10.2. The van der Waals surface area contributed by atoms with Gasteiger partial charge in [-0.2, -0.15) is 0 Å². The molecule has 0 unspecified atom stereocenters. The number of nitrogens with one attached hydrogen (secondary N) is 1. The minimum atomic E-state index is -3.77. The van der Waals surface area contributed by atoms with Crippen molar-refractivity contribution < 1.29 is 13.5 Å². The molecule has 0 radical (unpaired) electrons. The second-order valence-electron chi connectivity index (χ2n) is 5.58. The molecule has 0 aliphatic rings. The molecule has 2 aromatic carbocycles. The van der Waals surface area contributed by atoms with E-state index in [4.69, 9.17) is 0 Å². The van der Waals surface area contributed by atoms with E-state index in [0.717, 1.165) is 27.8 Å². The Kier molecular flexibility index (Phi) is 4.20. The van der Waals surface area contributed by atoms with Crippen LogP contribution < -0.4 is 4.72 Å². The highest BCUT2D eigenvalue weighted by molar-refractivity contribution is 7.92. The molecule has 118 valence electrons. The van der Waals surface area contributed by atoms with E-state index in [1.54, 1.807) is 12.1 Å². The molecule has 0 saturated carbocycles. The summed E-state index contributed by atoms with van der Waals surface area (Å²) >= 11 is 0. The smallest absolute Gasteiger partial charge is 0.262 e. The molecule has 0 atom stereocenters. The number of sulfonamides is 1. The maximum Gasteiger partial charge on any atom is 0.262 e. The van der Waals surface area contributed by atoms with Gasteiger partial charge >= 0.3 is 0 Å². The molecule has 0 aliphatic heterocycles. The Bertz CT molecular complexity index is 810. The lowest BCUT2D eigenvalue weighted by molar-refractivity contribution is 0.477. The fraction of sp³-hybridized carbons (Fsp3) is 0.294. The summed E-state index contributed by atoms with van der Waals surface area (Å²) in [6.45, 7) is 9.48. The van der Waals surface area contributed by atoms with Gasteiger partial charge in [0.2, 0.25) is 0 Å². The van der Waals surface area contributed by atoms with E-state index in [2.05, 4.69) is 4.72 Å². The van der Waals surface area contributed by atoms with Crippen molar-refractivity contribution in [3.8, 4) is 5.75 Å². The van der Waals surface area contributed by atoms with Gasteiger partial charge in [0.15, 0.2) is 0 Å². The maximum atomic E-state index is 12.8. The largest absolute Gasteiger partial charge is 0.506 e. The van der Waals surface area contributed by atoms with E-state index in [-0.39, 0.29) is 16.3 Å². The summed E-state index contributed by atoms with van der Waals surface area (Å²) in [6.07, 6.45) is 0. The average Bonchev–Trinajstić information content (AvgIpc) is 2.45. The summed E-state index contributed by atoms with van der Waals surface area (Å²) in [6, 6.07) is 6.29. The summed E-state index contributed by atoms with van der Waals surface area (Å²) in [4.78, 5) is 0.288. The van der Waals surface area contributed by atoms with Gasteiger partial charge in [-0.05, 0) is 74.6 Å². The van der Waals surface area contributed by atoms with E-state index in [1.807, 2.05) is 34.6 Å². The van der Waals surface area contributed by atoms with E-state index >= 15 is 0 Å². The summed E-state index contributed by atoms with van der Waals surface area (Å²) in [7, 11) is -3.77. The highest BCUT2D eigenvalue weighted by Crippen LogP contribution is 2.32. The van der Waals surface area contributed by atoms with Crippen LogP contribution >= 0.6 is 0 Å². The Morgan fingerprint density at radius 3 is 1.77 bits per heavy atom. The first-order valence-electron chi connectivity index (χ1n) is 7.04. The molecule has 0 spiro atoms. The first kappa shape index (κ1) is 16.4. The molecule has 0 heterocycles. The normalized spacial score (nSPS) is 11.5. The highest BCUT2D eigenvalue weighted by atomic mass is 32.2. The summed E-state index contributed by atoms with van der Waals surface area (Å²) in [5, 5.41) is 9.79. The van der Waals surface area contributed by atoms with Crippen LogP contribution in [0.25, 0.3) is 0 Å². The SMILES string of the molecule is Cc1c(C)c(C)c(S(=O)(=O)Nc2ccccc2O)c(C)c1C. The molecule has 2 N–H and O–H groups in total. The number of benzene rings is 2. The standard InChI is InChI=1S/C17H21NO3S/c1-10-11(2)13(4)17(14(5)12(10)3)22(20,21)18-15-8-6-7-9-16(15)19/h6-9,18-19H,1-5H3. The van der Waals surface area contributed by atoms with E-state index in [0.29, 0.717) is 0 Å². The van der Waals surface area contributed by atoms with Crippen LogP contribution in [-0.4, -0.2) is 13.5 Å². The molecule has 2 rings (SSSR count). The molecule has 0 aromatic heterocycles. The van der Waals surface area contributed by atoms with Gasteiger partial charge in [-0.15, -0.1) is 0 Å². The van der Waals surface area contributed by atoms with Crippen molar-refractivity contribution in [2.45, 2.75) is 39.5 Å². The van der Waals surface area contributed by atoms with Crippen molar-refractivity contribution in [3.05, 3.63) is 52.1 Å². The molecule has 22 heavy (non-hydrogen) atoms. The lowest BCUT2D eigenvalue weighted by Gasteiger charge is -2.19. The summed E-state index contributed by atoms with van der Waals surface area (Å²) in [5.74, 6) is -0.0954. The molecule has 0 amide bonds. The third-order valence-corrected chi connectivity index (χ3v) is 5.99. The van der Waals surface area contributed by atoms with Crippen LogP contribution in [0, 0.1) is 34.6 Å². The lowest BCUT2D eigenvalue weighted by Crippen LogP contribution is -2.17. The molecule has 0 saturated heterocycles. The third-order valence-electron chi connectivity index (χ3n) is 4.35. The van der Waals surface area contributed by atoms with Gasteiger partial charge in [-0.25, -0.2) is 8.42 Å². The Hall–Kier alpha value is -2.01. The molecular weight excluding hydrogens is 298 g/mol. The molecule has 4 nitrogen and oxygen atoms in total. The van der Waals surface area contributed by atoms with Gasteiger partial charge in [-0.1, -0.05) is 12.1 Å². The summed E-state index contributed by atoms with van der Waals surface area (Å²) < 4.78 is 28.1. The van der Waals surface area contributed by atoms with Crippen molar-refractivity contribution >= 4 is 15.7 Å². The second-order valence-corrected chi connectivity index (χ2v) is 7.20. The highest BCUT2D eigenvalue weighted by Gasteiger charge is 2.24. The van der Waals surface area contributed by atoms with Gasteiger partial charge in [0.25, 0.3) is 10.0 Å². The van der Waals surface area contributed by atoms with Crippen molar-refractivity contribution in [1.82, 2.24) is 0 Å². The fourth-order valence-electron chi connectivity index (χ4n) is 2.62. The van der Waals surface area contributed by atoms with Crippen LogP contribution in [-0.2, 0) is 10.0 Å². The first-order valence-corrected chi connectivity index (χ1v) is 8.53. The molecule has 0 aliphatic carbocycles. The van der Waals surface area contributed by atoms with Crippen LogP contribution in [0.3, 0.4) is 0 Å². The number of hydrogen-bond acceptors (Lipinski definition) is 3. The Labute approximate surface area is 131 Å². The predicted octanol–water partition coefficient (Wildman–Crippen LogP) is 3.74. The molecule has 0 fully saturated rings. The van der Waals surface area contributed by atoms with E-state index in [9.17, 15) is 13.5 Å². The number of hydrogen-bond donors (Lipinski definition) is 2. The number of phenolic OH excluding ortho intramolecular Hbond substituents is 1. The molecule has 5 heteroatoms. The zero-order valence-electron chi connectivity index (χ0n) is 13.5. The molecule has 0 bridgehead atoms. The van der Waals surface area contributed by atoms with Gasteiger partial charge < -0.3 is 5.11 Å². The van der Waals surface area contributed by atoms with Gasteiger partial charge in [-0.3, -0.25) is 4.72 Å². The zero-order valence-corrected chi connectivity index (χ0v) is 14.3. The van der Waals surface area contributed by atoms with Crippen molar-refractivity contribution in [2.75, 3.05) is 4.72 Å². The van der Waals surface area contributed by atoms with E-state index < -0.39 is 10.0 Å². The minimum absolute atomic E-state index is 0.0954. The van der Waals surface area contributed by atoms with Gasteiger partial charge in [0.1, 0.15) is 5.75 Å². The van der Waals surface area contributed by atoms with Gasteiger partial charge in [0.05, 0.1) is 10.6 Å². The number of phenols is 1. The van der Waals surface area contributed by atoms with Gasteiger partial charge in [0, 0.05) is 0 Å². The average molecular weight is 319 g/mol. The van der Waals surface area contributed by atoms with Crippen LogP contribution in [0.15, 0.2) is 29.2 Å². The minimum Gasteiger partial charge on any atom is -0.506 e. The Morgan fingerprint density at radius 1 is 0.818 bits per heavy atom. The van der Waals surface area contributed by atoms with Crippen molar-refractivity contribution in [2.24, 2.45) is 0 Å². The van der Waals surface area contributed by atoms with Crippen LogP contribution in [0.1, 0.15) is 27.8 Å². The van der Waals surface area contributed by atoms with Crippen molar-refractivity contribution in [3.63, 3.8) is 0 Å². The number of rotatable bonds is 3. The third kappa shape index (κ3) is 2.68. The maximum absolute atomic E-state index is 12.8. The van der Waals surface area contributed by atoms with Crippen molar-refractivity contribution in [1.29, 1.82) is 0 Å². The number of para-hydroxylation sites is 2. The van der Waals surface area contributed by atoms with Crippen LogP contribution in [0.2, 0.25) is 0 Å². The summed E-state index contributed by atoms with van der Waals surface area (Å²) in [5.41, 5.74) is 4.71. The second kappa shape index (κ2) is 5.65. The zero-order chi connectivity index (χ0) is 16.7. The van der Waals surface area contributed by atoms with Crippen LogP contribution in [0.4, 0.5) is 5.69 Å². The lowest BCUT2D eigenvalue weighted by atomic mass is 9.95. The quantitative estimate of drug-likeness (QED) is 0.847. The molecule has 2 aromatic rings. The predicted molar refractivity (Wildman–Crippen MR) is 89.0 cm³/mol. The van der Waals surface area contributed by atoms with Crippen LogP contribution in [0.5, 0.6) is 5.75 Å². The Balaban J connectivity index is 2.63. The fourth-order valence-corrected chi connectivity index (χ4v) is 4.30. The number of aromatic hydroxyl groups is 1. The van der Waals surface area contributed by atoms with E-state index in [1.165, 1.54) is 12.1 Å². The molecular formula is C17H21NO3S. The topological polar surface area (TPSA) is 66.4 Å².